The van der Waals surface area contributed by atoms with Crippen molar-refractivity contribution < 1.29 is 0 Å². The number of aryl methyl sites for hydroxylation is 1. The molecule has 17 heavy (non-hydrogen) atoms. The summed E-state index contributed by atoms with van der Waals surface area (Å²) >= 11 is 0. The summed E-state index contributed by atoms with van der Waals surface area (Å²) in [5, 5.41) is 3.58. The molecule has 94 valence electrons. The summed E-state index contributed by atoms with van der Waals surface area (Å²) in [5.74, 6) is 0.686. The van der Waals surface area contributed by atoms with E-state index in [-0.39, 0.29) is 0 Å². The average molecular weight is 231 g/mol. The standard InChI is InChI=1S/C16H25N/c1-4-16(5-2)9-10-17-12-15(16)14-8-6-7-13(3)11-14/h6-8,11,15,17H,4-5,9-10,12H2,1-3H3. The molecule has 1 aliphatic rings. The predicted molar refractivity (Wildman–Crippen MR) is 74.4 cm³/mol. The maximum absolute atomic E-state index is 3.58. The molecule has 2 rings (SSSR count). The van der Waals surface area contributed by atoms with E-state index in [0.29, 0.717) is 11.3 Å². The van der Waals surface area contributed by atoms with Crippen LogP contribution in [0.25, 0.3) is 0 Å². The van der Waals surface area contributed by atoms with Gasteiger partial charge in [0, 0.05) is 12.5 Å². The molecular weight excluding hydrogens is 206 g/mol. The third kappa shape index (κ3) is 2.40. The fourth-order valence-corrected chi connectivity index (χ4v) is 3.43. The molecule has 1 aliphatic heterocycles. The molecule has 0 saturated carbocycles. The molecule has 1 fully saturated rings. The Morgan fingerprint density at radius 1 is 1.29 bits per heavy atom. The van der Waals surface area contributed by atoms with Crippen LogP contribution >= 0.6 is 0 Å². The Balaban J connectivity index is 2.33. The summed E-state index contributed by atoms with van der Waals surface area (Å²) < 4.78 is 0. The molecule has 0 aliphatic carbocycles. The Morgan fingerprint density at radius 2 is 2.06 bits per heavy atom. The van der Waals surface area contributed by atoms with Crippen LogP contribution in [0, 0.1) is 12.3 Å². The van der Waals surface area contributed by atoms with Crippen molar-refractivity contribution in [1.82, 2.24) is 5.32 Å². The molecule has 1 heterocycles. The summed E-state index contributed by atoms with van der Waals surface area (Å²) in [6.45, 7) is 9.24. The molecule has 1 atom stereocenters. The predicted octanol–water partition coefficient (Wildman–Crippen LogP) is 3.88. The van der Waals surface area contributed by atoms with Gasteiger partial charge >= 0.3 is 0 Å². The van der Waals surface area contributed by atoms with Crippen LogP contribution in [0.4, 0.5) is 0 Å². The van der Waals surface area contributed by atoms with Crippen molar-refractivity contribution in [1.29, 1.82) is 0 Å². The number of nitrogens with one attached hydrogen (secondary N) is 1. The van der Waals surface area contributed by atoms with Crippen molar-refractivity contribution in [3.63, 3.8) is 0 Å². The molecular formula is C16H25N. The molecule has 1 nitrogen and oxygen atoms in total. The second kappa shape index (κ2) is 5.22. The SMILES string of the molecule is CCC1(CC)CCNCC1c1cccc(C)c1. The lowest BCUT2D eigenvalue weighted by atomic mass is 9.64. The number of benzene rings is 1. The third-order valence-corrected chi connectivity index (χ3v) is 4.74. The first-order valence-electron chi connectivity index (χ1n) is 6.99. The van der Waals surface area contributed by atoms with E-state index < -0.39 is 0 Å². The Hall–Kier alpha value is -0.820. The van der Waals surface area contributed by atoms with Crippen molar-refractivity contribution in [2.24, 2.45) is 5.41 Å². The molecule has 0 spiro atoms. The zero-order valence-electron chi connectivity index (χ0n) is 11.4. The van der Waals surface area contributed by atoms with Gasteiger partial charge in [0.2, 0.25) is 0 Å². The summed E-state index contributed by atoms with van der Waals surface area (Å²) in [7, 11) is 0. The second-order valence-electron chi connectivity index (χ2n) is 5.49. The maximum Gasteiger partial charge on any atom is 0.00255 e. The molecule has 0 bridgehead atoms. The van der Waals surface area contributed by atoms with Crippen molar-refractivity contribution in [3.05, 3.63) is 35.4 Å². The number of hydrogen-bond acceptors (Lipinski definition) is 1. The van der Waals surface area contributed by atoms with Crippen LogP contribution in [-0.2, 0) is 0 Å². The van der Waals surface area contributed by atoms with Crippen LogP contribution in [0.3, 0.4) is 0 Å². The molecule has 1 aromatic carbocycles. The fourth-order valence-electron chi connectivity index (χ4n) is 3.43. The van der Waals surface area contributed by atoms with E-state index in [2.05, 4.69) is 50.4 Å². The Kier molecular flexibility index (Phi) is 3.88. The minimum absolute atomic E-state index is 0.513. The third-order valence-electron chi connectivity index (χ3n) is 4.74. The molecule has 0 amide bonds. The minimum atomic E-state index is 0.513. The quantitative estimate of drug-likeness (QED) is 0.832. The van der Waals surface area contributed by atoms with Gasteiger partial charge in [-0.25, -0.2) is 0 Å². The second-order valence-corrected chi connectivity index (χ2v) is 5.49. The maximum atomic E-state index is 3.58. The highest BCUT2D eigenvalue weighted by Gasteiger charge is 2.38. The largest absolute Gasteiger partial charge is 0.316 e. The van der Waals surface area contributed by atoms with E-state index in [1.54, 1.807) is 0 Å². The van der Waals surface area contributed by atoms with Gasteiger partial charge in [0.25, 0.3) is 0 Å². The molecule has 0 aromatic heterocycles. The zero-order valence-corrected chi connectivity index (χ0v) is 11.4. The highest BCUT2D eigenvalue weighted by molar-refractivity contribution is 5.28. The first kappa shape index (κ1) is 12.6. The van der Waals surface area contributed by atoms with E-state index in [4.69, 9.17) is 0 Å². The van der Waals surface area contributed by atoms with Gasteiger partial charge in [0.15, 0.2) is 0 Å². The summed E-state index contributed by atoms with van der Waals surface area (Å²) in [6.07, 6.45) is 3.91. The average Bonchev–Trinajstić information content (AvgIpc) is 2.38. The highest BCUT2D eigenvalue weighted by atomic mass is 14.9. The van der Waals surface area contributed by atoms with Crippen LogP contribution in [0.2, 0.25) is 0 Å². The Bertz CT molecular complexity index is 366. The molecule has 1 N–H and O–H groups in total. The smallest absolute Gasteiger partial charge is 0.00255 e. The van der Waals surface area contributed by atoms with Crippen molar-refractivity contribution in [2.75, 3.05) is 13.1 Å². The van der Waals surface area contributed by atoms with Crippen LogP contribution in [-0.4, -0.2) is 13.1 Å². The van der Waals surface area contributed by atoms with Crippen LogP contribution in [0.15, 0.2) is 24.3 Å². The molecule has 1 saturated heterocycles. The van der Waals surface area contributed by atoms with E-state index >= 15 is 0 Å². The normalized spacial score (nSPS) is 23.6. The van der Waals surface area contributed by atoms with Gasteiger partial charge in [0.05, 0.1) is 0 Å². The van der Waals surface area contributed by atoms with E-state index in [1.807, 2.05) is 0 Å². The lowest BCUT2D eigenvalue weighted by molar-refractivity contribution is 0.148. The van der Waals surface area contributed by atoms with Gasteiger partial charge < -0.3 is 5.32 Å². The lowest BCUT2D eigenvalue weighted by Crippen LogP contribution is -2.43. The fraction of sp³-hybridized carbons (Fsp3) is 0.625. The minimum Gasteiger partial charge on any atom is -0.316 e. The van der Waals surface area contributed by atoms with Gasteiger partial charge in [-0.05, 0) is 43.7 Å². The van der Waals surface area contributed by atoms with Crippen LogP contribution < -0.4 is 5.32 Å². The van der Waals surface area contributed by atoms with Gasteiger partial charge in [-0.15, -0.1) is 0 Å². The van der Waals surface area contributed by atoms with Gasteiger partial charge in [0.1, 0.15) is 0 Å². The summed E-state index contributed by atoms with van der Waals surface area (Å²) in [6, 6.07) is 9.08. The van der Waals surface area contributed by atoms with Crippen molar-refractivity contribution in [3.8, 4) is 0 Å². The Morgan fingerprint density at radius 3 is 2.71 bits per heavy atom. The number of hydrogen-bond donors (Lipinski definition) is 1. The highest BCUT2D eigenvalue weighted by Crippen LogP contribution is 2.46. The summed E-state index contributed by atoms with van der Waals surface area (Å²) in [4.78, 5) is 0. The number of rotatable bonds is 3. The first-order chi connectivity index (χ1) is 8.22. The Labute approximate surface area is 106 Å². The van der Waals surface area contributed by atoms with Crippen LogP contribution in [0.5, 0.6) is 0 Å². The van der Waals surface area contributed by atoms with Crippen LogP contribution in [0.1, 0.15) is 50.2 Å². The van der Waals surface area contributed by atoms with E-state index in [0.717, 1.165) is 6.54 Å². The monoisotopic (exact) mass is 231 g/mol. The first-order valence-corrected chi connectivity index (χ1v) is 6.99. The van der Waals surface area contributed by atoms with Crippen molar-refractivity contribution in [2.45, 2.75) is 46.0 Å². The molecule has 1 heteroatoms. The molecule has 0 radical (unpaired) electrons. The summed E-state index contributed by atoms with van der Waals surface area (Å²) in [5.41, 5.74) is 3.43. The van der Waals surface area contributed by atoms with Gasteiger partial charge in [-0.2, -0.15) is 0 Å². The van der Waals surface area contributed by atoms with Gasteiger partial charge in [-0.1, -0.05) is 43.7 Å². The van der Waals surface area contributed by atoms with E-state index in [1.165, 1.54) is 36.9 Å². The van der Waals surface area contributed by atoms with Crippen molar-refractivity contribution >= 4 is 0 Å². The zero-order chi connectivity index (χ0) is 12.3. The van der Waals surface area contributed by atoms with E-state index in [9.17, 15) is 0 Å². The molecule has 1 aromatic rings. The topological polar surface area (TPSA) is 12.0 Å². The van der Waals surface area contributed by atoms with Gasteiger partial charge in [-0.3, -0.25) is 0 Å². The lowest BCUT2D eigenvalue weighted by Gasteiger charge is -2.44. The number of piperidine rings is 1. The molecule has 1 unspecified atom stereocenters.